The molecule has 0 amide bonds. The standard InChI is InChI=1S/C23H23BrN2O/c1-23(2)13-19-21(20(27)14-23)22(16(24)12-15-8-4-3-5-9-15)26-18-11-7-6-10-17(18)25-19/h3-12,22,25-26H,13-14H2,1-2H3/b16-12-/t22-/m1/s1. The molecule has 4 heteroatoms. The highest BCUT2D eigenvalue weighted by atomic mass is 79.9. The van der Waals surface area contributed by atoms with Crippen molar-refractivity contribution in [2.75, 3.05) is 10.6 Å². The Balaban J connectivity index is 1.83. The molecule has 0 aromatic heterocycles. The molecule has 0 unspecified atom stereocenters. The molecule has 1 aliphatic heterocycles. The Kier molecular flexibility index (Phi) is 4.68. The van der Waals surface area contributed by atoms with E-state index in [-0.39, 0.29) is 17.2 Å². The number of carbonyl (C=O) groups is 1. The molecule has 4 rings (SSSR count). The van der Waals surface area contributed by atoms with E-state index in [1.165, 1.54) is 0 Å². The third-order valence-electron chi connectivity index (χ3n) is 5.10. The minimum atomic E-state index is -0.208. The van der Waals surface area contributed by atoms with Gasteiger partial charge in [-0.15, -0.1) is 0 Å². The van der Waals surface area contributed by atoms with Gasteiger partial charge < -0.3 is 10.6 Å². The zero-order chi connectivity index (χ0) is 19.0. The van der Waals surface area contributed by atoms with Gasteiger partial charge >= 0.3 is 0 Å². The molecule has 3 nitrogen and oxygen atoms in total. The highest BCUT2D eigenvalue weighted by Gasteiger charge is 2.38. The van der Waals surface area contributed by atoms with Crippen molar-refractivity contribution in [3.8, 4) is 0 Å². The number of ketones is 1. The van der Waals surface area contributed by atoms with Crippen molar-refractivity contribution in [1.82, 2.24) is 0 Å². The molecule has 2 aromatic carbocycles. The van der Waals surface area contributed by atoms with Gasteiger partial charge in [-0.25, -0.2) is 0 Å². The van der Waals surface area contributed by atoms with Gasteiger partial charge in [0.05, 0.1) is 17.4 Å². The van der Waals surface area contributed by atoms with E-state index in [4.69, 9.17) is 0 Å². The molecule has 1 atom stereocenters. The molecule has 2 aliphatic rings. The second kappa shape index (κ2) is 7.01. The Morgan fingerprint density at radius 3 is 2.44 bits per heavy atom. The summed E-state index contributed by atoms with van der Waals surface area (Å²) in [7, 11) is 0. The monoisotopic (exact) mass is 422 g/mol. The lowest BCUT2D eigenvalue weighted by Gasteiger charge is -2.34. The normalized spacial score (nSPS) is 21.5. The number of rotatable bonds is 2. The minimum absolute atomic E-state index is 0.0393. The number of para-hydroxylation sites is 2. The van der Waals surface area contributed by atoms with Crippen molar-refractivity contribution in [3.05, 3.63) is 75.9 Å². The smallest absolute Gasteiger partial charge is 0.163 e. The van der Waals surface area contributed by atoms with Crippen LogP contribution in [0.2, 0.25) is 0 Å². The molecule has 0 radical (unpaired) electrons. The molecule has 1 aliphatic carbocycles. The first-order chi connectivity index (χ1) is 12.9. The van der Waals surface area contributed by atoms with Crippen LogP contribution < -0.4 is 10.6 Å². The molecule has 0 saturated carbocycles. The van der Waals surface area contributed by atoms with Gasteiger partial charge in [0, 0.05) is 22.2 Å². The largest absolute Gasteiger partial charge is 0.372 e. The summed E-state index contributed by atoms with van der Waals surface area (Å²) >= 11 is 3.77. The first kappa shape index (κ1) is 18.1. The van der Waals surface area contributed by atoms with Gasteiger partial charge in [-0.3, -0.25) is 4.79 Å². The van der Waals surface area contributed by atoms with Crippen LogP contribution in [0.4, 0.5) is 11.4 Å². The van der Waals surface area contributed by atoms with E-state index in [2.05, 4.69) is 64.7 Å². The molecule has 2 aromatic rings. The number of anilines is 2. The van der Waals surface area contributed by atoms with Gasteiger partial charge in [0.1, 0.15) is 0 Å². The Hall–Kier alpha value is -2.33. The van der Waals surface area contributed by atoms with E-state index in [9.17, 15) is 4.79 Å². The average molecular weight is 423 g/mol. The quantitative estimate of drug-likeness (QED) is 0.625. The van der Waals surface area contributed by atoms with Crippen LogP contribution in [-0.2, 0) is 4.79 Å². The second-order valence-electron chi connectivity index (χ2n) is 8.02. The maximum atomic E-state index is 13.1. The summed E-state index contributed by atoms with van der Waals surface area (Å²) in [5.41, 5.74) is 4.94. The molecule has 0 saturated heterocycles. The van der Waals surface area contributed by atoms with Gasteiger partial charge in [-0.2, -0.15) is 0 Å². The fourth-order valence-electron chi connectivity index (χ4n) is 3.89. The topological polar surface area (TPSA) is 41.1 Å². The SMILES string of the molecule is CC1(C)CC(=O)C2=C(C1)Nc1ccccc1N[C@@H]2/C(Br)=C/c1ccccc1. The Bertz CT molecular complexity index is 944. The summed E-state index contributed by atoms with van der Waals surface area (Å²) in [6, 6.07) is 18.1. The predicted octanol–water partition coefficient (Wildman–Crippen LogP) is 5.97. The maximum Gasteiger partial charge on any atom is 0.163 e. The summed E-state index contributed by atoms with van der Waals surface area (Å²) in [5.74, 6) is 0.206. The Morgan fingerprint density at radius 2 is 1.70 bits per heavy atom. The van der Waals surface area contributed by atoms with E-state index in [0.717, 1.165) is 39.1 Å². The lowest BCUT2D eigenvalue weighted by molar-refractivity contribution is -0.118. The summed E-state index contributed by atoms with van der Waals surface area (Å²) in [4.78, 5) is 13.1. The first-order valence-corrected chi connectivity index (χ1v) is 10.0. The van der Waals surface area contributed by atoms with Crippen LogP contribution in [0.3, 0.4) is 0 Å². The van der Waals surface area contributed by atoms with Gasteiger partial charge in [0.15, 0.2) is 5.78 Å². The molecule has 0 spiro atoms. The number of hydrogen-bond donors (Lipinski definition) is 2. The van der Waals surface area contributed by atoms with Gasteiger partial charge in [-0.05, 0) is 35.6 Å². The lowest BCUT2D eigenvalue weighted by Crippen LogP contribution is -2.35. The fourth-order valence-corrected chi connectivity index (χ4v) is 4.50. The maximum absolute atomic E-state index is 13.1. The molecule has 2 N–H and O–H groups in total. The molecule has 138 valence electrons. The van der Waals surface area contributed by atoms with Crippen LogP contribution >= 0.6 is 15.9 Å². The highest BCUT2D eigenvalue weighted by molar-refractivity contribution is 9.11. The molecule has 0 bridgehead atoms. The third-order valence-corrected chi connectivity index (χ3v) is 5.79. The number of fused-ring (bicyclic) bond motifs is 1. The predicted molar refractivity (Wildman–Crippen MR) is 116 cm³/mol. The highest BCUT2D eigenvalue weighted by Crippen LogP contribution is 2.43. The van der Waals surface area contributed by atoms with Crippen molar-refractivity contribution in [1.29, 1.82) is 0 Å². The minimum Gasteiger partial charge on any atom is -0.372 e. The van der Waals surface area contributed by atoms with E-state index < -0.39 is 0 Å². The number of allylic oxidation sites excluding steroid dienone is 1. The molecule has 27 heavy (non-hydrogen) atoms. The molecule has 0 fully saturated rings. The van der Waals surface area contributed by atoms with Crippen molar-refractivity contribution in [2.45, 2.75) is 32.7 Å². The number of halogens is 1. The number of carbonyl (C=O) groups excluding carboxylic acids is 1. The first-order valence-electron chi connectivity index (χ1n) is 9.24. The number of benzene rings is 2. The third kappa shape index (κ3) is 3.72. The summed E-state index contributed by atoms with van der Waals surface area (Å²) in [6.07, 6.45) is 3.50. The summed E-state index contributed by atoms with van der Waals surface area (Å²) < 4.78 is 0.952. The van der Waals surface area contributed by atoms with Crippen molar-refractivity contribution < 1.29 is 4.79 Å². The van der Waals surface area contributed by atoms with Crippen LogP contribution in [0.5, 0.6) is 0 Å². The molecule has 1 heterocycles. The zero-order valence-corrected chi connectivity index (χ0v) is 17.1. The molecular weight excluding hydrogens is 400 g/mol. The van der Waals surface area contributed by atoms with Crippen LogP contribution in [0.25, 0.3) is 6.08 Å². The van der Waals surface area contributed by atoms with Gasteiger partial charge in [-0.1, -0.05) is 72.2 Å². The number of hydrogen-bond acceptors (Lipinski definition) is 3. The van der Waals surface area contributed by atoms with Gasteiger partial charge in [0.25, 0.3) is 0 Å². The van der Waals surface area contributed by atoms with Crippen LogP contribution in [0.1, 0.15) is 32.3 Å². The van der Waals surface area contributed by atoms with E-state index in [0.29, 0.717) is 6.42 Å². The van der Waals surface area contributed by atoms with Crippen LogP contribution in [0, 0.1) is 5.41 Å². The fraction of sp³-hybridized carbons (Fsp3) is 0.261. The summed E-state index contributed by atoms with van der Waals surface area (Å²) in [5, 5.41) is 7.12. The average Bonchev–Trinajstić information content (AvgIpc) is 2.78. The van der Waals surface area contributed by atoms with E-state index in [1.807, 2.05) is 36.4 Å². The number of nitrogens with one attached hydrogen (secondary N) is 2. The van der Waals surface area contributed by atoms with E-state index >= 15 is 0 Å². The second-order valence-corrected chi connectivity index (χ2v) is 8.94. The van der Waals surface area contributed by atoms with Gasteiger partial charge in [0.2, 0.25) is 0 Å². The Morgan fingerprint density at radius 1 is 1.04 bits per heavy atom. The lowest BCUT2D eigenvalue weighted by atomic mass is 9.74. The Labute approximate surface area is 168 Å². The van der Waals surface area contributed by atoms with Crippen LogP contribution in [0.15, 0.2) is 70.3 Å². The van der Waals surface area contributed by atoms with Crippen LogP contribution in [-0.4, -0.2) is 11.8 Å². The zero-order valence-electron chi connectivity index (χ0n) is 15.6. The van der Waals surface area contributed by atoms with Crippen molar-refractivity contribution in [3.63, 3.8) is 0 Å². The number of Topliss-reactive ketones (excluding diaryl/α,β-unsaturated/α-hetero) is 1. The van der Waals surface area contributed by atoms with Crippen molar-refractivity contribution in [2.24, 2.45) is 5.41 Å². The van der Waals surface area contributed by atoms with E-state index in [1.54, 1.807) is 0 Å². The summed E-state index contributed by atoms with van der Waals surface area (Å²) in [6.45, 7) is 4.31. The van der Waals surface area contributed by atoms with Crippen molar-refractivity contribution >= 4 is 39.2 Å². The molecular formula is C23H23BrN2O.